The van der Waals surface area contributed by atoms with E-state index in [0.29, 0.717) is 25.9 Å². The molecule has 12 N–H and O–H groups in total. The summed E-state index contributed by atoms with van der Waals surface area (Å²) < 4.78 is 57.5. The minimum atomic E-state index is -1.95. The van der Waals surface area contributed by atoms with Crippen molar-refractivity contribution in [2.75, 3.05) is 26.4 Å². The first-order chi connectivity index (χ1) is 35.2. The second kappa shape index (κ2) is 20.1. The second-order valence-electron chi connectivity index (χ2n) is 26.2. The van der Waals surface area contributed by atoms with E-state index in [9.17, 15) is 66.1 Å². The predicted octanol–water partition coefficient (Wildman–Crippen LogP) is -1.50. The number of aldehydes is 1. The topological polar surface area (TPSA) is 343 Å². The molecule has 0 aromatic heterocycles. The third-order valence-corrected chi connectivity index (χ3v) is 22.3. The Hall–Kier alpha value is -1.17. The first-order valence-corrected chi connectivity index (χ1v) is 27.5. The van der Waals surface area contributed by atoms with Crippen LogP contribution < -0.4 is 0 Å². The average molecular weight is 1080 g/mol. The number of hydrogen-bond acceptors (Lipinski definition) is 22. The third-order valence-electron chi connectivity index (χ3n) is 22.3. The van der Waals surface area contributed by atoms with Crippen LogP contribution in [0, 0.1) is 50.2 Å². The highest BCUT2D eigenvalue weighted by Gasteiger charge is 2.80. The van der Waals surface area contributed by atoms with Crippen molar-refractivity contribution in [3.05, 3.63) is 0 Å². The maximum atomic E-state index is 12.6. The van der Waals surface area contributed by atoms with E-state index in [4.69, 9.17) is 42.6 Å². The number of ether oxygens (including phenoxy) is 9. The van der Waals surface area contributed by atoms with Gasteiger partial charge in [0, 0.05) is 16.2 Å². The molecule has 1 spiro atoms. The normalized spacial score (nSPS) is 58.5. The molecule has 0 radical (unpaired) electrons. The number of fused-ring (bicyclic) bond motifs is 4. The van der Waals surface area contributed by atoms with Crippen LogP contribution in [0.25, 0.3) is 0 Å². The molecule has 0 aromatic carbocycles. The lowest BCUT2D eigenvalue weighted by atomic mass is 9.30. The van der Waals surface area contributed by atoms with Crippen LogP contribution in [-0.4, -0.2) is 229 Å². The molecule has 5 aliphatic heterocycles. The van der Waals surface area contributed by atoms with Gasteiger partial charge in [0.05, 0.1) is 50.3 Å². The molecule has 430 valence electrons. The lowest BCUT2D eigenvalue weighted by Gasteiger charge is -2.75. The molecule has 5 heterocycles. The highest BCUT2D eigenvalue weighted by atomic mass is 16.8. The summed E-state index contributed by atoms with van der Waals surface area (Å²) in [4.78, 5) is 12.6. The van der Waals surface area contributed by atoms with Crippen LogP contribution in [0.15, 0.2) is 0 Å². The number of hydrogen-bond donors (Lipinski definition) is 12. The molecule has 22 nitrogen and oxygen atoms in total. The zero-order valence-electron chi connectivity index (χ0n) is 44.3. The minimum Gasteiger partial charge on any atom is -0.394 e. The van der Waals surface area contributed by atoms with E-state index in [0.717, 1.165) is 51.2 Å². The first-order valence-electron chi connectivity index (χ1n) is 27.5. The maximum absolute atomic E-state index is 12.6. The molecule has 4 unspecified atom stereocenters. The molecule has 2 bridgehead atoms. The quantitative estimate of drug-likeness (QED) is 0.0827. The molecule has 10 fully saturated rings. The van der Waals surface area contributed by atoms with Gasteiger partial charge in [0.25, 0.3) is 0 Å². The van der Waals surface area contributed by atoms with E-state index >= 15 is 0 Å². The lowest BCUT2D eigenvalue weighted by molar-refractivity contribution is -0.403. The second-order valence-corrected chi connectivity index (χ2v) is 26.2. The molecule has 5 saturated heterocycles. The van der Waals surface area contributed by atoms with Gasteiger partial charge in [0.2, 0.25) is 0 Å². The fourth-order valence-electron chi connectivity index (χ4n) is 17.6. The molecule has 5 saturated carbocycles. The lowest BCUT2D eigenvalue weighted by Crippen LogP contribution is -2.74. The smallest absolute Gasteiger partial charge is 0.187 e. The zero-order chi connectivity index (χ0) is 54.3. The molecule has 5 aliphatic carbocycles. The molecule has 0 amide bonds. The van der Waals surface area contributed by atoms with Gasteiger partial charge in [-0.3, -0.25) is 0 Å². The number of aliphatic hydroxyl groups excluding tert-OH is 12. The Labute approximate surface area is 437 Å². The van der Waals surface area contributed by atoms with Gasteiger partial charge in [-0.2, -0.15) is 0 Å². The summed E-state index contributed by atoms with van der Waals surface area (Å²) >= 11 is 0. The highest BCUT2D eigenvalue weighted by Crippen LogP contribution is 2.80. The minimum absolute atomic E-state index is 0.0574. The van der Waals surface area contributed by atoms with Crippen molar-refractivity contribution in [1.29, 1.82) is 0 Å². The summed E-state index contributed by atoms with van der Waals surface area (Å²) in [5.74, 6) is 0.373. The van der Waals surface area contributed by atoms with Gasteiger partial charge in [-0.25, -0.2) is 0 Å². The Morgan fingerprint density at radius 3 is 1.73 bits per heavy atom. The number of rotatable bonds is 11. The molecular formula is C53H86O22. The van der Waals surface area contributed by atoms with E-state index in [-0.39, 0.29) is 34.0 Å². The summed E-state index contributed by atoms with van der Waals surface area (Å²) in [7, 11) is 0. The van der Waals surface area contributed by atoms with Crippen LogP contribution in [-0.2, 0) is 47.4 Å². The summed E-state index contributed by atoms with van der Waals surface area (Å²) in [5.41, 5.74) is -2.75. The van der Waals surface area contributed by atoms with Gasteiger partial charge in [-0.1, -0.05) is 41.5 Å². The van der Waals surface area contributed by atoms with Gasteiger partial charge in [0.1, 0.15) is 91.7 Å². The monoisotopic (exact) mass is 1070 g/mol. The van der Waals surface area contributed by atoms with E-state index in [2.05, 4.69) is 41.5 Å². The Kier molecular flexibility index (Phi) is 15.3. The molecule has 0 aromatic rings. The Bertz CT molecular complexity index is 2050. The molecular weight excluding hydrogens is 989 g/mol. The zero-order valence-corrected chi connectivity index (χ0v) is 44.3. The Balaban J connectivity index is 0.964. The van der Waals surface area contributed by atoms with E-state index in [1.807, 2.05) is 0 Å². The Morgan fingerprint density at radius 1 is 0.560 bits per heavy atom. The maximum Gasteiger partial charge on any atom is 0.187 e. The fraction of sp³-hybridized carbons (Fsp3) is 0.981. The summed E-state index contributed by atoms with van der Waals surface area (Å²) in [6.07, 6.45) is -24.0. The third kappa shape index (κ3) is 8.54. The SMILES string of the molecule is C[C@@H]1O[C@@H](O[C@H]2CO[C@@H](O[C@H]3CC[C@@]4(C)C(CC[C@]5(C)[C@@H]4CCC46OCC7(CC[C@@](C)(C=O)CC74)[C@H](O)C[C@]65C)C3(C)C)[C@H](O[C@@H]3O[C@H](CO)[C@@H](O)[C@H](O)[C@H]3O)[C@H]2O[C@H]2O[C@H](CO)[C@@H](O)[C@H](O)[C@H]2O)[C@H](O)[C@H](O)[C@H]1O. The van der Waals surface area contributed by atoms with Gasteiger partial charge >= 0.3 is 0 Å². The van der Waals surface area contributed by atoms with Crippen molar-refractivity contribution in [3.63, 3.8) is 0 Å². The summed E-state index contributed by atoms with van der Waals surface area (Å²) in [6, 6.07) is 0. The van der Waals surface area contributed by atoms with Crippen LogP contribution in [0.4, 0.5) is 0 Å². The number of carbonyl (C=O) groups excluding carboxylic acids is 1. The standard InChI is InChI=1S/C53H86O22/c1-23-32(58)35(61)38(64)43(69-23)72-26-20-67-46(42(75-45-40(66)37(63)34(60)25(19-55)71-45)41(26)74-44-39(65)36(62)33(59)24(18-54)70-44)73-31-10-11-49(5)27(47(31,2)3)8-12-50(6)28(49)9-13-53-29-16-48(4,21-56)14-15-52(29,22-68-53)30(57)17-51(50,53)7/h21,23-46,54-55,57-66H,8-20,22H2,1-7H3/t23-,24+,25+,26-,27?,28+,29?,30+,31-,32-,33+,34+,35+,36-,37-,38+,39+,40+,41-,42+,43-,44+,45-,46-,48+,49-,50+,51-,52?,53?/m0/s1. The van der Waals surface area contributed by atoms with Crippen molar-refractivity contribution in [2.24, 2.45) is 50.2 Å². The van der Waals surface area contributed by atoms with Crippen LogP contribution in [0.2, 0.25) is 0 Å². The van der Waals surface area contributed by atoms with Crippen LogP contribution in [0.5, 0.6) is 0 Å². The first kappa shape index (κ1) is 57.1. The van der Waals surface area contributed by atoms with Gasteiger partial charge < -0.3 is 109 Å². The number of carbonyl (C=O) groups is 1. The molecule has 75 heavy (non-hydrogen) atoms. The predicted molar refractivity (Wildman–Crippen MR) is 255 cm³/mol. The van der Waals surface area contributed by atoms with Crippen LogP contribution in [0.3, 0.4) is 0 Å². The van der Waals surface area contributed by atoms with Gasteiger partial charge in [0.15, 0.2) is 25.2 Å². The van der Waals surface area contributed by atoms with Gasteiger partial charge in [-0.15, -0.1) is 0 Å². The molecule has 30 atom stereocenters. The molecule has 10 aliphatic rings. The van der Waals surface area contributed by atoms with E-state index in [1.54, 1.807) is 0 Å². The summed E-state index contributed by atoms with van der Waals surface area (Å²) in [5, 5.41) is 131. The van der Waals surface area contributed by atoms with Crippen molar-refractivity contribution in [2.45, 2.75) is 247 Å². The largest absolute Gasteiger partial charge is 0.394 e. The molecule has 22 heteroatoms. The summed E-state index contributed by atoms with van der Waals surface area (Å²) in [6.45, 7) is 13.5. The highest BCUT2D eigenvalue weighted by molar-refractivity contribution is 5.59. The van der Waals surface area contributed by atoms with Crippen molar-refractivity contribution in [1.82, 2.24) is 0 Å². The molecule has 10 rings (SSSR count). The van der Waals surface area contributed by atoms with E-state index < -0.39 is 171 Å². The van der Waals surface area contributed by atoms with Crippen molar-refractivity contribution in [3.8, 4) is 0 Å². The average Bonchev–Trinajstić information content (AvgIpc) is 3.86. The van der Waals surface area contributed by atoms with E-state index in [1.165, 1.54) is 6.92 Å². The van der Waals surface area contributed by atoms with Gasteiger partial charge in [-0.05, 0) is 105 Å². The van der Waals surface area contributed by atoms with Crippen molar-refractivity contribution < 1.29 is 109 Å². The Morgan fingerprint density at radius 2 is 1.13 bits per heavy atom. The van der Waals surface area contributed by atoms with Crippen molar-refractivity contribution >= 4 is 6.29 Å². The number of aliphatic hydroxyl groups is 12. The van der Waals surface area contributed by atoms with Crippen LogP contribution >= 0.6 is 0 Å². The van der Waals surface area contributed by atoms with Crippen LogP contribution in [0.1, 0.15) is 113 Å². The fourth-order valence-corrected chi connectivity index (χ4v) is 17.6.